The summed E-state index contributed by atoms with van der Waals surface area (Å²) < 4.78 is 10.6. The number of hydrogen-bond acceptors (Lipinski definition) is 5. The zero-order valence-electron chi connectivity index (χ0n) is 15.2. The Morgan fingerprint density at radius 3 is 2.31 bits per heavy atom. The van der Waals surface area contributed by atoms with Gasteiger partial charge in [0.15, 0.2) is 0 Å². The van der Waals surface area contributed by atoms with Crippen LogP contribution in [0.15, 0.2) is 36.5 Å². The van der Waals surface area contributed by atoms with Gasteiger partial charge in [0, 0.05) is 6.04 Å². The highest BCUT2D eigenvalue weighted by Gasteiger charge is 2.19. The molecular weight excluding hydrogens is 330 g/mol. The maximum absolute atomic E-state index is 12.6. The molecule has 2 N–H and O–H groups in total. The molecule has 1 aliphatic rings. The second-order valence-electron chi connectivity index (χ2n) is 6.40. The molecule has 1 fully saturated rings. The molecule has 1 aromatic heterocycles. The van der Waals surface area contributed by atoms with Crippen LogP contribution in [-0.4, -0.2) is 31.2 Å². The van der Waals surface area contributed by atoms with Gasteiger partial charge in [-0.3, -0.25) is 4.79 Å². The van der Waals surface area contributed by atoms with E-state index >= 15 is 0 Å². The molecule has 2 aromatic rings. The molecule has 3 rings (SSSR count). The third kappa shape index (κ3) is 4.25. The third-order valence-electron chi connectivity index (χ3n) is 4.64. The van der Waals surface area contributed by atoms with Crippen LogP contribution in [0.2, 0.25) is 0 Å². The summed E-state index contributed by atoms with van der Waals surface area (Å²) in [6.07, 6.45) is 8.04. The van der Waals surface area contributed by atoms with E-state index in [1.807, 2.05) is 6.07 Å². The van der Waals surface area contributed by atoms with Crippen LogP contribution in [0.4, 0.5) is 11.5 Å². The minimum absolute atomic E-state index is 0.320. The lowest BCUT2D eigenvalue weighted by Gasteiger charge is -2.23. The van der Waals surface area contributed by atoms with Crippen molar-refractivity contribution in [1.82, 2.24) is 4.98 Å². The molecule has 1 amide bonds. The summed E-state index contributed by atoms with van der Waals surface area (Å²) in [4.78, 5) is 17.0. The highest BCUT2D eigenvalue weighted by atomic mass is 16.5. The fourth-order valence-corrected chi connectivity index (χ4v) is 3.29. The zero-order chi connectivity index (χ0) is 18.4. The number of methoxy groups -OCH3 is 2. The molecule has 6 nitrogen and oxygen atoms in total. The molecule has 1 saturated carbocycles. The van der Waals surface area contributed by atoms with E-state index in [1.54, 1.807) is 30.5 Å². The summed E-state index contributed by atoms with van der Waals surface area (Å²) >= 11 is 0. The summed E-state index contributed by atoms with van der Waals surface area (Å²) in [6, 6.07) is 9.48. The van der Waals surface area contributed by atoms with E-state index in [0.29, 0.717) is 28.9 Å². The SMILES string of the molecule is COc1cccc(OC)c1C(=O)Nc1ccc(NC2CCCCC2)cn1. The maximum atomic E-state index is 12.6. The average molecular weight is 355 g/mol. The van der Waals surface area contributed by atoms with E-state index in [9.17, 15) is 4.79 Å². The Labute approximate surface area is 153 Å². The largest absolute Gasteiger partial charge is 0.496 e. The van der Waals surface area contributed by atoms with Gasteiger partial charge in [-0.25, -0.2) is 4.98 Å². The van der Waals surface area contributed by atoms with Crippen molar-refractivity contribution >= 4 is 17.4 Å². The molecule has 1 heterocycles. The first-order chi connectivity index (χ1) is 12.7. The molecule has 1 aromatic carbocycles. The molecule has 0 unspecified atom stereocenters. The molecule has 0 bridgehead atoms. The van der Waals surface area contributed by atoms with Crippen LogP contribution >= 0.6 is 0 Å². The number of amides is 1. The number of rotatable bonds is 6. The molecule has 0 saturated heterocycles. The number of hydrogen-bond donors (Lipinski definition) is 2. The van der Waals surface area contributed by atoms with Crippen LogP contribution in [0.3, 0.4) is 0 Å². The van der Waals surface area contributed by atoms with Crippen LogP contribution in [0.5, 0.6) is 11.5 Å². The van der Waals surface area contributed by atoms with Crippen molar-refractivity contribution < 1.29 is 14.3 Å². The summed E-state index contributed by atoms with van der Waals surface area (Å²) in [5, 5.41) is 6.32. The number of benzene rings is 1. The minimum atomic E-state index is -0.320. The van der Waals surface area contributed by atoms with Gasteiger partial charge in [-0.1, -0.05) is 25.3 Å². The van der Waals surface area contributed by atoms with Gasteiger partial charge in [0.25, 0.3) is 5.91 Å². The van der Waals surface area contributed by atoms with Gasteiger partial charge in [0.05, 0.1) is 26.1 Å². The lowest BCUT2D eigenvalue weighted by molar-refractivity contribution is 0.102. The summed E-state index contributed by atoms with van der Waals surface area (Å²) in [6.45, 7) is 0. The maximum Gasteiger partial charge on any atom is 0.264 e. The van der Waals surface area contributed by atoms with Gasteiger partial charge in [-0.2, -0.15) is 0 Å². The lowest BCUT2D eigenvalue weighted by atomic mass is 9.95. The number of nitrogens with one attached hydrogen (secondary N) is 2. The summed E-state index contributed by atoms with van der Waals surface area (Å²) in [5.74, 6) is 1.08. The smallest absolute Gasteiger partial charge is 0.264 e. The standard InChI is InChI=1S/C20H25N3O3/c1-25-16-9-6-10-17(26-2)19(16)20(24)23-18-12-11-15(13-21-18)22-14-7-4-3-5-8-14/h6,9-14,22H,3-5,7-8H2,1-2H3,(H,21,23,24). The predicted molar refractivity (Wildman–Crippen MR) is 102 cm³/mol. The molecule has 26 heavy (non-hydrogen) atoms. The minimum Gasteiger partial charge on any atom is -0.496 e. The van der Waals surface area contributed by atoms with Crippen LogP contribution in [0, 0.1) is 0 Å². The Balaban J connectivity index is 1.68. The van der Waals surface area contributed by atoms with Crippen LogP contribution in [0.25, 0.3) is 0 Å². The van der Waals surface area contributed by atoms with Crippen molar-refractivity contribution in [3.63, 3.8) is 0 Å². The van der Waals surface area contributed by atoms with E-state index in [1.165, 1.54) is 46.3 Å². The number of ether oxygens (including phenoxy) is 2. The fraction of sp³-hybridized carbons (Fsp3) is 0.400. The molecule has 0 radical (unpaired) electrons. The highest BCUT2D eigenvalue weighted by Crippen LogP contribution is 2.29. The van der Waals surface area contributed by atoms with E-state index in [2.05, 4.69) is 15.6 Å². The molecule has 6 heteroatoms. The van der Waals surface area contributed by atoms with Crippen LogP contribution in [-0.2, 0) is 0 Å². The number of pyridine rings is 1. The summed E-state index contributed by atoms with van der Waals surface area (Å²) in [7, 11) is 3.05. The van der Waals surface area contributed by atoms with Gasteiger partial charge in [0.1, 0.15) is 22.9 Å². The van der Waals surface area contributed by atoms with E-state index < -0.39 is 0 Å². The monoisotopic (exact) mass is 355 g/mol. The highest BCUT2D eigenvalue weighted by molar-refractivity contribution is 6.07. The molecule has 0 aliphatic heterocycles. The van der Waals surface area contributed by atoms with E-state index in [4.69, 9.17) is 9.47 Å². The van der Waals surface area contributed by atoms with Crippen molar-refractivity contribution in [2.45, 2.75) is 38.1 Å². The van der Waals surface area contributed by atoms with Crippen molar-refractivity contribution in [1.29, 1.82) is 0 Å². The first kappa shape index (κ1) is 18.0. The second kappa shape index (κ2) is 8.56. The van der Waals surface area contributed by atoms with Gasteiger partial charge in [0.2, 0.25) is 0 Å². The summed E-state index contributed by atoms with van der Waals surface area (Å²) in [5.41, 5.74) is 1.33. The van der Waals surface area contributed by atoms with Crippen LogP contribution < -0.4 is 20.1 Å². The second-order valence-corrected chi connectivity index (χ2v) is 6.40. The van der Waals surface area contributed by atoms with Crippen molar-refractivity contribution in [3.05, 3.63) is 42.1 Å². The van der Waals surface area contributed by atoms with Crippen molar-refractivity contribution in [2.24, 2.45) is 0 Å². The number of carbonyl (C=O) groups is 1. The fourth-order valence-electron chi connectivity index (χ4n) is 3.29. The first-order valence-electron chi connectivity index (χ1n) is 8.96. The van der Waals surface area contributed by atoms with E-state index in [0.717, 1.165) is 5.69 Å². The van der Waals surface area contributed by atoms with E-state index in [-0.39, 0.29) is 5.91 Å². The van der Waals surface area contributed by atoms with Gasteiger partial charge in [-0.15, -0.1) is 0 Å². The number of anilines is 2. The zero-order valence-corrected chi connectivity index (χ0v) is 15.2. The van der Waals surface area contributed by atoms with Gasteiger partial charge < -0.3 is 20.1 Å². The van der Waals surface area contributed by atoms with Crippen molar-refractivity contribution in [3.8, 4) is 11.5 Å². The molecule has 0 spiro atoms. The quantitative estimate of drug-likeness (QED) is 0.816. The molecule has 138 valence electrons. The topological polar surface area (TPSA) is 72.5 Å². The lowest BCUT2D eigenvalue weighted by Crippen LogP contribution is -2.22. The Morgan fingerprint density at radius 1 is 1.04 bits per heavy atom. The predicted octanol–water partition coefficient (Wildman–Crippen LogP) is 4.10. The van der Waals surface area contributed by atoms with Crippen LogP contribution in [0.1, 0.15) is 42.5 Å². The van der Waals surface area contributed by atoms with Crippen molar-refractivity contribution in [2.75, 3.05) is 24.9 Å². The number of nitrogens with zero attached hydrogens (tertiary/aromatic N) is 1. The molecule has 1 aliphatic carbocycles. The number of aromatic nitrogens is 1. The Bertz CT molecular complexity index is 718. The normalized spacial score (nSPS) is 14.5. The molecule has 0 atom stereocenters. The Morgan fingerprint density at radius 2 is 1.73 bits per heavy atom. The molecular formula is C20H25N3O3. The Kier molecular flexibility index (Phi) is 5.94. The van der Waals surface area contributed by atoms with Gasteiger partial charge in [-0.05, 0) is 37.1 Å². The Hall–Kier alpha value is -2.76. The first-order valence-corrected chi connectivity index (χ1v) is 8.96. The average Bonchev–Trinajstić information content (AvgIpc) is 2.69. The van der Waals surface area contributed by atoms with Gasteiger partial charge >= 0.3 is 0 Å². The number of carbonyl (C=O) groups excluding carboxylic acids is 1. The third-order valence-corrected chi connectivity index (χ3v) is 4.64.